The number of aliphatic carboxylic acids is 1. The fraction of sp³-hybridized carbons (Fsp3) is 0.333. The van der Waals surface area contributed by atoms with E-state index in [1.54, 1.807) is 19.1 Å². The first-order chi connectivity index (χ1) is 7.82. The second kappa shape index (κ2) is 5.42. The lowest BCUT2D eigenvalue weighted by Crippen LogP contribution is -2.12. The molecular formula is C12H13BrO4. The summed E-state index contributed by atoms with van der Waals surface area (Å²) in [4.78, 5) is 21.5. The van der Waals surface area contributed by atoms with E-state index in [0.29, 0.717) is 5.56 Å². The molecule has 1 rings (SSSR count). The van der Waals surface area contributed by atoms with E-state index in [4.69, 9.17) is 5.11 Å². The van der Waals surface area contributed by atoms with Crippen molar-refractivity contribution in [3.8, 4) is 0 Å². The summed E-state index contributed by atoms with van der Waals surface area (Å²) in [6, 6.07) is 4.88. The number of carboxylic acids is 1. The average molecular weight is 301 g/mol. The molecule has 0 radical (unpaired) electrons. The minimum absolute atomic E-state index is 0.0774. The Kier molecular flexibility index (Phi) is 4.42. The highest BCUT2D eigenvalue weighted by molar-refractivity contribution is 9.09. The van der Waals surface area contributed by atoms with E-state index in [9.17, 15) is 14.7 Å². The van der Waals surface area contributed by atoms with Crippen molar-refractivity contribution >= 4 is 27.7 Å². The van der Waals surface area contributed by atoms with Crippen LogP contribution < -0.4 is 0 Å². The molecule has 2 atom stereocenters. The van der Waals surface area contributed by atoms with Gasteiger partial charge in [-0.3, -0.25) is 4.79 Å². The maximum atomic E-state index is 11.2. The van der Waals surface area contributed by atoms with Gasteiger partial charge in [0.25, 0.3) is 0 Å². The largest absolute Gasteiger partial charge is 0.479 e. The van der Waals surface area contributed by atoms with E-state index >= 15 is 0 Å². The van der Waals surface area contributed by atoms with Crippen LogP contribution in [0, 0.1) is 6.92 Å². The summed E-state index contributed by atoms with van der Waals surface area (Å²) in [7, 11) is 0. The number of carboxylic acid groups (broad SMARTS) is 1. The van der Waals surface area contributed by atoms with Crippen molar-refractivity contribution in [1.29, 1.82) is 0 Å². The Morgan fingerprint density at radius 2 is 1.76 bits per heavy atom. The Morgan fingerprint density at radius 3 is 2.24 bits per heavy atom. The third kappa shape index (κ3) is 3.38. The van der Waals surface area contributed by atoms with E-state index in [2.05, 4.69) is 15.9 Å². The summed E-state index contributed by atoms with van der Waals surface area (Å²) in [5.74, 6) is -1.39. The van der Waals surface area contributed by atoms with Gasteiger partial charge in [-0.15, -0.1) is 0 Å². The number of ketones is 1. The van der Waals surface area contributed by atoms with E-state index < -0.39 is 16.9 Å². The monoisotopic (exact) mass is 300 g/mol. The Bertz CT molecular complexity index is 418. The van der Waals surface area contributed by atoms with Crippen LogP contribution in [0.15, 0.2) is 18.2 Å². The Balaban J connectivity index is 3.19. The first-order valence-electron chi connectivity index (χ1n) is 5.00. The van der Waals surface area contributed by atoms with Crippen LogP contribution in [0.3, 0.4) is 0 Å². The molecule has 0 aliphatic heterocycles. The van der Waals surface area contributed by atoms with Crippen molar-refractivity contribution in [3.05, 3.63) is 34.9 Å². The number of alkyl halides is 1. The molecule has 0 aromatic heterocycles. The van der Waals surface area contributed by atoms with Crippen molar-refractivity contribution in [3.63, 3.8) is 0 Å². The number of halogens is 1. The highest BCUT2D eigenvalue weighted by Crippen LogP contribution is 2.27. The molecule has 0 amide bonds. The molecule has 1 aromatic rings. The topological polar surface area (TPSA) is 74.6 Å². The molecular weight excluding hydrogens is 288 g/mol. The van der Waals surface area contributed by atoms with Crippen LogP contribution in [-0.4, -0.2) is 22.0 Å². The molecule has 0 bridgehead atoms. The maximum Gasteiger partial charge on any atom is 0.337 e. The predicted octanol–water partition coefficient (Wildman–Crippen LogP) is 2.14. The molecule has 0 saturated carbocycles. The van der Waals surface area contributed by atoms with Crippen molar-refractivity contribution in [1.82, 2.24) is 0 Å². The van der Waals surface area contributed by atoms with Gasteiger partial charge in [0.2, 0.25) is 0 Å². The average Bonchev–Trinajstić information content (AvgIpc) is 2.25. The number of carbonyl (C=O) groups is 2. The molecule has 0 aliphatic rings. The number of aliphatic hydroxyl groups is 1. The number of Topliss-reactive ketones (excluding diaryl/α,β-unsaturated/α-hetero) is 1. The lowest BCUT2D eigenvalue weighted by molar-refractivity contribution is -0.146. The van der Waals surface area contributed by atoms with Gasteiger partial charge in [0.15, 0.2) is 6.10 Å². The molecule has 5 heteroatoms. The zero-order valence-corrected chi connectivity index (χ0v) is 11.1. The van der Waals surface area contributed by atoms with Crippen molar-refractivity contribution in [2.45, 2.75) is 24.8 Å². The highest BCUT2D eigenvalue weighted by Gasteiger charge is 2.19. The van der Waals surface area contributed by atoms with Crippen LogP contribution in [0.2, 0.25) is 0 Å². The van der Waals surface area contributed by atoms with Gasteiger partial charge < -0.3 is 10.2 Å². The number of rotatable bonds is 4. The van der Waals surface area contributed by atoms with Gasteiger partial charge in [0.05, 0.1) is 4.83 Å². The molecule has 0 heterocycles. The van der Waals surface area contributed by atoms with Gasteiger partial charge in [-0.1, -0.05) is 39.7 Å². The van der Waals surface area contributed by atoms with Gasteiger partial charge in [-0.25, -0.2) is 4.79 Å². The molecule has 2 unspecified atom stereocenters. The molecule has 0 fully saturated rings. The van der Waals surface area contributed by atoms with Gasteiger partial charge in [0, 0.05) is 0 Å². The van der Waals surface area contributed by atoms with Gasteiger partial charge >= 0.3 is 5.97 Å². The van der Waals surface area contributed by atoms with E-state index in [-0.39, 0.29) is 11.3 Å². The highest BCUT2D eigenvalue weighted by atomic mass is 79.9. The number of carbonyl (C=O) groups excluding carboxylic acids is 1. The summed E-state index contributed by atoms with van der Waals surface area (Å²) < 4.78 is 0. The summed E-state index contributed by atoms with van der Waals surface area (Å²) in [5.41, 5.74) is 1.72. The molecule has 92 valence electrons. The van der Waals surface area contributed by atoms with Gasteiger partial charge in [0.1, 0.15) is 5.78 Å². The molecule has 2 N–H and O–H groups in total. The van der Waals surface area contributed by atoms with Crippen LogP contribution in [0.4, 0.5) is 0 Å². The van der Waals surface area contributed by atoms with Gasteiger partial charge in [-0.2, -0.15) is 0 Å². The minimum atomic E-state index is -1.57. The molecule has 1 aromatic carbocycles. The number of aryl methyl sites for hydroxylation is 1. The first-order valence-corrected chi connectivity index (χ1v) is 5.91. The fourth-order valence-electron chi connectivity index (χ4n) is 1.52. The fourth-order valence-corrected chi connectivity index (χ4v) is 1.79. The van der Waals surface area contributed by atoms with Crippen LogP contribution in [-0.2, 0) is 9.59 Å². The van der Waals surface area contributed by atoms with Crippen LogP contribution in [0.5, 0.6) is 0 Å². The normalized spacial score (nSPS) is 14.1. The van der Waals surface area contributed by atoms with Crippen molar-refractivity contribution in [2.75, 3.05) is 0 Å². The Hall–Kier alpha value is -1.20. The number of benzene rings is 1. The van der Waals surface area contributed by atoms with Crippen molar-refractivity contribution < 1.29 is 19.8 Å². The SMILES string of the molecule is CC(=O)C(Br)c1cc(C)cc(C(O)C(=O)O)c1. The molecule has 0 aliphatic carbocycles. The number of hydrogen-bond donors (Lipinski definition) is 2. The number of aliphatic hydroxyl groups excluding tert-OH is 1. The zero-order chi connectivity index (χ0) is 13.2. The third-order valence-electron chi connectivity index (χ3n) is 2.32. The van der Waals surface area contributed by atoms with Crippen LogP contribution >= 0.6 is 15.9 Å². The van der Waals surface area contributed by atoms with E-state index in [1.807, 2.05) is 0 Å². The van der Waals surface area contributed by atoms with Crippen LogP contribution in [0.25, 0.3) is 0 Å². The summed E-state index contributed by atoms with van der Waals surface area (Å²) >= 11 is 3.23. The summed E-state index contributed by atoms with van der Waals surface area (Å²) in [5, 5.41) is 18.2. The second-order valence-electron chi connectivity index (χ2n) is 3.89. The molecule has 0 spiro atoms. The molecule has 17 heavy (non-hydrogen) atoms. The maximum absolute atomic E-state index is 11.2. The zero-order valence-electron chi connectivity index (χ0n) is 9.48. The van der Waals surface area contributed by atoms with E-state index in [1.165, 1.54) is 13.0 Å². The van der Waals surface area contributed by atoms with Gasteiger partial charge in [-0.05, 0) is 25.0 Å². The summed E-state index contributed by atoms with van der Waals surface area (Å²) in [6.07, 6.45) is -1.57. The molecule has 0 saturated heterocycles. The Morgan fingerprint density at radius 1 is 1.24 bits per heavy atom. The van der Waals surface area contributed by atoms with Crippen LogP contribution in [0.1, 0.15) is 34.5 Å². The lowest BCUT2D eigenvalue weighted by Gasteiger charge is -2.12. The molecule has 4 nitrogen and oxygen atoms in total. The summed E-state index contributed by atoms with van der Waals surface area (Å²) in [6.45, 7) is 3.22. The van der Waals surface area contributed by atoms with E-state index in [0.717, 1.165) is 5.56 Å². The first kappa shape index (κ1) is 13.9. The lowest BCUT2D eigenvalue weighted by atomic mass is 10.00. The quantitative estimate of drug-likeness (QED) is 0.836. The smallest absolute Gasteiger partial charge is 0.337 e. The van der Waals surface area contributed by atoms with Crippen molar-refractivity contribution in [2.24, 2.45) is 0 Å². The predicted molar refractivity (Wildman–Crippen MR) is 66.1 cm³/mol. The minimum Gasteiger partial charge on any atom is -0.479 e. The second-order valence-corrected chi connectivity index (χ2v) is 4.81. The third-order valence-corrected chi connectivity index (χ3v) is 3.49. The number of hydrogen-bond acceptors (Lipinski definition) is 3. The Labute approximate surface area is 107 Å². The standard InChI is InChI=1S/C12H13BrO4/c1-6-3-8(10(13)7(2)14)5-9(4-6)11(15)12(16)17/h3-5,10-11,15H,1-2H3,(H,16,17).